The molecule has 16 heavy (non-hydrogen) atoms. The fraction of sp³-hybridized carbons (Fsp3) is 0.300. The maximum absolute atomic E-state index is 13.4. The molecule has 2 aromatic heterocycles. The van der Waals surface area contributed by atoms with Crippen molar-refractivity contribution in [3.63, 3.8) is 0 Å². The number of nitrogen functional groups attached to an aromatic ring is 1. The van der Waals surface area contributed by atoms with Gasteiger partial charge in [-0.15, -0.1) is 0 Å². The Morgan fingerprint density at radius 3 is 3.00 bits per heavy atom. The number of nitrogens with two attached hydrogens (primary N) is 1. The summed E-state index contributed by atoms with van der Waals surface area (Å²) in [6, 6.07) is 0. The summed E-state index contributed by atoms with van der Waals surface area (Å²) in [6.45, 7) is 2.84. The zero-order chi connectivity index (χ0) is 11.5. The van der Waals surface area contributed by atoms with Crippen molar-refractivity contribution in [1.82, 2.24) is 19.7 Å². The van der Waals surface area contributed by atoms with Gasteiger partial charge in [0.15, 0.2) is 5.82 Å². The molecule has 2 rings (SSSR count). The van der Waals surface area contributed by atoms with E-state index in [1.807, 2.05) is 6.92 Å². The van der Waals surface area contributed by atoms with Gasteiger partial charge in [-0.3, -0.25) is 4.68 Å². The van der Waals surface area contributed by atoms with Gasteiger partial charge in [-0.1, -0.05) is 6.92 Å². The molecule has 0 fully saturated rings. The number of rotatable bonds is 3. The second kappa shape index (κ2) is 4.26. The van der Waals surface area contributed by atoms with E-state index in [0.29, 0.717) is 5.56 Å². The lowest BCUT2D eigenvalue weighted by atomic mass is 10.2. The molecule has 5 nitrogen and oxygen atoms in total. The van der Waals surface area contributed by atoms with Gasteiger partial charge in [0.25, 0.3) is 0 Å². The highest BCUT2D eigenvalue weighted by molar-refractivity contribution is 5.58. The summed E-state index contributed by atoms with van der Waals surface area (Å²) in [5.74, 6) is -0.440. The normalized spacial score (nSPS) is 10.6. The Labute approximate surface area is 92.1 Å². The van der Waals surface area contributed by atoms with E-state index in [9.17, 15) is 4.39 Å². The van der Waals surface area contributed by atoms with Crippen molar-refractivity contribution in [2.24, 2.45) is 0 Å². The van der Waals surface area contributed by atoms with Crippen LogP contribution in [0.2, 0.25) is 0 Å². The van der Waals surface area contributed by atoms with Gasteiger partial charge >= 0.3 is 0 Å². The lowest BCUT2D eigenvalue weighted by molar-refractivity contribution is 0.602. The van der Waals surface area contributed by atoms with Crippen LogP contribution in [-0.4, -0.2) is 19.7 Å². The van der Waals surface area contributed by atoms with Crippen LogP contribution in [0, 0.1) is 5.82 Å². The van der Waals surface area contributed by atoms with Gasteiger partial charge in [0, 0.05) is 18.3 Å². The summed E-state index contributed by atoms with van der Waals surface area (Å²) in [4.78, 5) is 7.43. The van der Waals surface area contributed by atoms with E-state index < -0.39 is 5.82 Å². The molecule has 0 atom stereocenters. The smallest absolute Gasteiger partial charge is 0.220 e. The van der Waals surface area contributed by atoms with Gasteiger partial charge < -0.3 is 5.73 Å². The van der Waals surface area contributed by atoms with Crippen LogP contribution in [0.25, 0.3) is 11.3 Å². The first-order chi connectivity index (χ1) is 7.70. The van der Waals surface area contributed by atoms with Crippen LogP contribution >= 0.6 is 0 Å². The molecule has 0 amide bonds. The van der Waals surface area contributed by atoms with Gasteiger partial charge in [0.1, 0.15) is 5.69 Å². The Bertz CT molecular complexity index is 494. The fourth-order valence-corrected chi connectivity index (χ4v) is 1.42. The number of aromatic nitrogens is 4. The fourth-order valence-electron chi connectivity index (χ4n) is 1.42. The Morgan fingerprint density at radius 1 is 1.44 bits per heavy atom. The minimum Gasteiger partial charge on any atom is -0.368 e. The average Bonchev–Trinajstić information content (AvgIpc) is 2.71. The molecule has 2 heterocycles. The van der Waals surface area contributed by atoms with Gasteiger partial charge in [0.05, 0.1) is 12.4 Å². The number of halogens is 1. The maximum Gasteiger partial charge on any atom is 0.220 e. The molecule has 0 saturated heterocycles. The largest absolute Gasteiger partial charge is 0.368 e. The average molecular weight is 221 g/mol. The molecular formula is C10H12FN5. The van der Waals surface area contributed by atoms with Gasteiger partial charge in [-0.05, 0) is 6.42 Å². The Kier molecular flexibility index (Phi) is 2.80. The molecule has 0 aliphatic heterocycles. The third-order valence-corrected chi connectivity index (χ3v) is 2.12. The maximum atomic E-state index is 13.4. The summed E-state index contributed by atoms with van der Waals surface area (Å²) in [7, 11) is 0. The predicted octanol–water partition coefficient (Wildman–Crippen LogP) is 1.47. The minimum atomic E-state index is -0.495. The van der Waals surface area contributed by atoms with Crippen LogP contribution in [0.1, 0.15) is 13.3 Å². The highest BCUT2D eigenvalue weighted by Crippen LogP contribution is 2.19. The minimum absolute atomic E-state index is 0.0552. The second-order valence-corrected chi connectivity index (χ2v) is 3.42. The number of nitrogens with zero attached hydrogens (tertiary/aromatic N) is 4. The Balaban J connectivity index is 2.38. The first-order valence-electron chi connectivity index (χ1n) is 5.01. The van der Waals surface area contributed by atoms with Crippen molar-refractivity contribution in [2.75, 3.05) is 5.73 Å². The van der Waals surface area contributed by atoms with E-state index in [-0.39, 0.29) is 11.6 Å². The van der Waals surface area contributed by atoms with Crippen LogP contribution in [-0.2, 0) is 6.54 Å². The molecule has 0 radical (unpaired) electrons. The lowest BCUT2D eigenvalue weighted by Gasteiger charge is -1.99. The molecule has 84 valence electrons. The number of aryl methyl sites for hydroxylation is 1. The van der Waals surface area contributed by atoms with Crippen molar-refractivity contribution in [3.8, 4) is 11.3 Å². The van der Waals surface area contributed by atoms with Crippen LogP contribution < -0.4 is 5.73 Å². The second-order valence-electron chi connectivity index (χ2n) is 3.42. The third-order valence-electron chi connectivity index (χ3n) is 2.12. The van der Waals surface area contributed by atoms with Crippen molar-refractivity contribution >= 4 is 5.95 Å². The monoisotopic (exact) mass is 221 g/mol. The van der Waals surface area contributed by atoms with E-state index in [1.54, 1.807) is 17.1 Å². The van der Waals surface area contributed by atoms with E-state index in [1.165, 1.54) is 0 Å². The van der Waals surface area contributed by atoms with E-state index in [0.717, 1.165) is 19.2 Å². The molecule has 0 aliphatic carbocycles. The quantitative estimate of drug-likeness (QED) is 0.852. The van der Waals surface area contributed by atoms with Crippen LogP contribution in [0.5, 0.6) is 0 Å². The van der Waals surface area contributed by atoms with Crippen LogP contribution in [0.15, 0.2) is 18.6 Å². The van der Waals surface area contributed by atoms with Crippen molar-refractivity contribution < 1.29 is 4.39 Å². The zero-order valence-corrected chi connectivity index (χ0v) is 8.89. The molecule has 0 aromatic carbocycles. The molecular weight excluding hydrogens is 209 g/mol. The Morgan fingerprint density at radius 2 is 2.25 bits per heavy atom. The molecule has 6 heteroatoms. The summed E-state index contributed by atoms with van der Waals surface area (Å²) >= 11 is 0. The van der Waals surface area contributed by atoms with E-state index >= 15 is 0 Å². The van der Waals surface area contributed by atoms with Gasteiger partial charge in [0.2, 0.25) is 5.95 Å². The van der Waals surface area contributed by atoms with Crippen molar-refractivity contribution in [1.29, 1.82) is 0 Å². The van der Waals surface area contributed by atoms with Crippen molar-refractivity contribution in [3.05, 3.63) is 24.4 Å². The highest BCUT2D eigenvalue weighted by atomic mass is 19.1. The third kappa shape index (κ3) is 2.00. The highest BCUT2D eigenvalue weighted by Gasteiger charge is 2.10. The lowest BCUT2D eigenvalue weighted by Crippen LogP contribution is -1.98. The number of hydrogen-bond donors (Lipinski definition) is 1. The molecule has 0 aliphatic rings. The summed E-state index contributed by atoms with van der Waals surface area (Å²) in [5, 5.41) is 4.10. The van der Waals surface area contributed by atoms with Gasteiger partial charge in [-0.25, -0.2) is 14.4 Å². The zero-order valence-electron chi connectivity index (χ0n) is 8.89. The molecule has 0 bridgehead atoms. The van der Waals surface area contributed by atoms with Crippen LogP contribution in [0.3, 0.4) is 0 Å². The molecule has 2 N–H and O–H groups in total. The molecule has 0 unspecified atom stereocenters. The topological polar surface area (TPSA) is 69.6 Å². The van der Waals surface area contributed by atoms with Gasteiger partial charge in [-0.2, -0.15) is 5.10 Å². The van der Waals surface area contributed by atoms with Crippen LogP contribution in [0.4, 0.5) is 10.3 Å². The first-order valence-corrected chi connectivity index (χ1v) is 5.01. The molecule has 0 spiro atoms. The number of hydrogen-bond acceptors (Lipinski definition) is 4. The van der Waals surface area contributed by atoms with E-state index in [2.05, 4.69) is 15.1 Å². The molecule has 0 saturated carbocycles. The standard InChI is InChI=1S/C10H12FN5/c1-2-3-16-6-7(4-14-16)9-8(11)5-13-10(12)15-9/h4-6H,2-3H2,1H3,(H2,12,13,15). The SMILES string of the molecule is CCCn1cc(-c2nc(N)ncc2F)cn1. The summed E-state index contributed by atoms with van der Waals surface area (Å²) in [6.07, 6.45) is 5.35. The summed E-state index contributed by atoms with van der Waals surface area (Å²) in [5.41, 5.74) is 6.22. The van der Waals surface area contributed by atoms with E-state index in [4.69, 9.17) is 5.73 Å². The Hall–Kier alpha value is -1.98. The van der Waals surface area contributed by atoms with Crippen molar-refractivity contribution in [2.45, 2.75) is 19.9 Å². The number of anilines is 1. The first kappa shape index (κ1) is 10.5. The summed E-state index contributed by atoms with van der Waals surface area (Å²) < 4.78 is 15.2. The predicted molar refractivity (Wildman–Crippen MR) is 57.9 cm³/mol. The molecule has 2 aromatic rings.